The van der Waals surface area contributed by atoms with Crippen molar-refractivity contribution >= 4 is 6.08 Å². The van der Waals surface area contributed by atoms with Crippen molar-refractivity contribution in [1.82, 2.24) is 0 Å². The molecular weight excluding hydrogens is 235 g/mol. The Morgan fingerprint density at radius 3 is 2.94 bits per heavy atom. The van der Waals surface area contributed by atoms with Crippen LogP contribution in [0.15, 0.2) is 24.3 Å². The number of halogens is 1. The summed E-state index contributed by atoms with van der Waals surface area (Å²) in [5.41, 5.74) is 0.466. The van der Waals surface area contributed by atoms with Gasteiger partial charge in [-0.25, -0.2) is 4.39 Å². The number of ether oxygens (including phenoxy) is 2. The van der Waals surface area contributed by atoms with E-state index in [0.717, 1.165) is 0 Å². The van der Waals surface area contributed by atoms with Gasteiger partial charge in [-0.15, -0.1) is 0 Å². The standard InChI is InChI=1S/C14H17FO3/c1-14(2)17-9-12(18-14)5-3-4-10-8-11(15)6-7-13(10)16/h3-4,6-8,12,16H,5,9H2,1-2H3/b4-3-/t12-/m0/s1. The van der Waals surface area contributed by atoms with Crippen LogP contribution in [0.2, 0.25) is 0 Å². The Hall–Kier alpha value is -1.39. The van der Waals surface area contributed by atoms with E-state index in [0.29, 0.717) is 18.6 Å². The van der Waals surface area contributed by atoms with Gasteiger partial charge < -0.3 is 14.6 Å². The molecule has 98 valence electrons. The second-order valence-corrected chi connectivity index (χ2v) is 4.79. The van der Waals surface area contributed by atoms with Crippen molar-refractivity contribution in [3.8, 4) is 5.75 Å². The van der Waals surface area contributed by atoms with E-state index in [-0.39, 0.29) is 17.7 Å². The lowest BCUT2D eigenvalue weighted by Crippen LogP contribution is -2.21. The summed E-state index contributed by atoms with van der Waals surface area (Å²) in [6.45, 7) is 4.29. The van der Waals surface area contributed by atoms with Gasteiger partial charge in [0.2, 0.25) is 0 Å². The smallest absolute Gasteiger partial charge is 0.163 e. The lowest BCUT2D eigenvalue weighted by atomic mass is 10.1. The molecule has 0 saturated carbocycles. The molecule has 1 aromatic carbocycles. The predicted molar refractivity (Wildman–Crippen MR) is 66.6 cm³/mol. The van der Waals surface area contributed by atoms with Gasteiger partial charge in [-0.1, -0.05) is 12.2 Å². The zero-order valence-corrected chi connectivity index (χ0v) is 10.5. The molecule has 1 fully saturated rings. The molecule has 4 heteroatoms. The minimum absolute atomic E-state index is 0.00644. The average molecular weight is 252 g/mol. The molecule has 0 unspecified atom stereocenters. The lowest BCUT2D eigenvalue weighted by Gasteiger charge is -2.16. The third kappa shape index (κ3) is 3.31. The lowest BCUT2D eigenvalue weighted by molar-refractivity contribution is -0.137. The quantitative estimate of drug-likeness (QED) is 0.898. The van der Waals surface area contributed by atoms with E-state index < -0.39 is 5.79 Å². The first-order valence-electron chi connectivity index (χ1n) is 5.93. The van der Waals surface area contributed by atoms with Crippen LogP contribution in [0.4, 0.5) is 4.39 Å². The third-order valence-electron chi connectivity index (χ3n) is 2.75. The van der Waals surface area contributed by atoms with Gasteiger partial charge in [0.25, 0.3) is 0 Å². The van der Waals surface area contributed by atoms with Crippen LogP contribution in [0.1, 0.15) is 25.8 Å². The van der Waals surface area contributed by atoms with Crippen molar-refractivity contribution < 1.29 is 19.0 Å². The number of aromatic hydroxyl groups is 1. The maximum atomic E-state index is 13.0. The van der Waals surface area contributed by atoms with Crippen LogP contribution in [0, 0.1) is 5.82 Å². The maximum absolute atomic E-state index is 13.0. The van der Waals surface area contributed by atoms with Crippen molar-refractivity contribution in [2.24, 2.45) is 0 Å². The van der Waals surface area contributed by atoms with Crippen LogP contribution in [0.3, 0.4) is 0 Å². The topological polar surface area (TPSA) is 38.7 Å². The molecule has 1 heterocycles. The molecule has 1 N–H and O–H groups in total. The van der Waals surface area contributed by atoms with Crippen LogP contribution < -0.4 is 0 Å². The van der Waals surface area contributed by atoms with E-state index >= 15 is 0 Å². The Morgan fingerprint density at radius 1 is 1.50 bits per heavy atom. The minimum Gasteiger partial charge on any atom is -0.507 e. The fourth-order valence-corrected chi connectivity index (χ4v) is 1.88. The van der Waals surface area contributed by atoms with E-state index in [1.54, 1.807) is 6.08 Å². The van der Waals surface area contributed by atoms with Gasteiger partial charge in [0, 0.05) is 5.56 Å². The van der Waals surface area contributed by atoms with Crippen LogP contribution in [-0.2, 0) is 9.47 Å². The van der Waals surface area contributed by atoms with Gasteiger partial charge in [-0.3, -0.25) is 0 Å². The molecule has 1 atom stereocenters. The Bertz CT molecular complexity index is 454. The number of phenolic OH excluding ortho intramolecular Hbond substituents is 1. The summed E-state index contributed by atoms with van der Waals surface area (Å²) in [5, 5.41) is 9.54. The van der Waals surface area contributed by atoms with Crippen LogP contribution in [-0.4, -0.2) is 23.6 Å². The SMILES string of the molecule is CC1(C)OC[C@H](C/C=C\c2cc(F)ccc2O)O1. The Labute approximate surface area is 106 Å². The van der Waals surface area contributed by atoms with Crippen LogP contribution >= 0.6 is 0 Å². The summed E-state index contributed by atoms with van der Waals surface area (Å²) < 4.78 is 24.1. The Balaban J connectivity index is 1.94. The largest absolute Gasteiger partial charge is 0.507 e. The molecule has 1 aliphatic heterocycles. The summed E-state index contributed by atoms with van der Waals surface area (Å²) in [5.74, 6) is -0.829. The normalized spacial score (nSPS) is 22.7. The summed E-state index contributed by atoms with van der Waals surface area (Å²) >= 11 is 0. The van der Waals surface area contributed by atoms with Crippen LogP contribution in [0.5, 0.6) is 5.75 Å². The van der Waals surface area contributed by atoms with Gasteiger partial charge in [0.15, 0.2) is 5.79 Å². The first-order valence-corrected chi connectivity index (χ1v) is 5.93. The van der Waals surface area contributed by atoms with Gasteiger partial charge in [-0.05, 0) is 38.5 Å². The molecule has 2 rings (SSSR count). The van der Waals surface area contributed by atoms with E-state index in [1.165, 1.54) is 18.2 Å². The van der Waals surface area contributed by atoms with E-state index in [2.05, 4.69) is 0 Å². The highest BCUT2D eigenvalue weighted by Crippen LogP contribution is 2.25. The van der Waals surface area contributed by atoms with E-state index in [9.17, 15) is 9.50 Å². The predicted octanol–water partition coefficient (Wildman–Crippen LogP) is 3.09. The fraction of sp³-hybridized carbons (Fsp3) is 0.429. The number of hydrogen-bond donors (Lipinski definition) is 1. The summed E-state index contributed by atoms with van der Waals surface area (Å²) in [7, 11) is 0. The van der Waals surface area contributed by atoms with Crippen molar-refractivity contribution in [3.63, 3.8) is 0 Å². The number of phenols is 1. The van der Waals surface area contributed by atoms with Gasteiger partial charge in [0.1, 0.15) is 11.6 Å². The van der Waals surface area contributed by atoms with Crippen molar-refractivity contribution in [3.05, 3.63) is 35.7 Å². The molecule has 3 nitrogen and oxygen atoms in total. The van der Waals surface area contributed by atoms with Gasteiger partial charge in [0.05, 0.1) is 12.7 Å². The third-order valence-corrected chi connectivity index (χ3v) is 2.75. The zero-order chi connectivity index (χ0) is 13.2. The maximum Gasteiger partial charge on any atom is 0.163 e. The molecule has 1 aliphatic rings. The second kappa shape index (κ2) is 5.08. The summed E-state index contributed by atoms with van der Waals surface area (Å²) in [6.07, 6.45) is 4.21. The molecule has 0 aliphatic carbocycles. The Morgan fingerprint density at radius 2 is 2.28 bits per heavy atom. The average Bonchev–Trinajstić information content (AvgIpc) is 2.63. The number of benzene rings is 1. The zero-order valence-electron chi connectivity index (χ0n) is 10.5. The van der Waals surface area contributed by atoms with E-state index in [4.69, 9.17) is 9.47 Å². The highest BCUT2D eigenvalue weighted by atomic mass is 19.1. The highest BCUT2D eigenvalue weighted by Gasteiger charge is 2.31. The summed E-state index contributed by atoms with van der Waals surface area (Å²) in [6, 6.07) is 3.86. The van der Waals surface area contributed by atoms with E-state index in [1.807, 2.05) is 19.9 Å². The minimum atomic E-state index is -0.528. The molecule has 0 amide bonds. The number of rotatable bonds is 3. The van der Waals surface area contributed by atoms with Crippen molar-refractivity contribution in [2.75, 3.05) is 6.61 Å². The molecule has 0 radical (unpaired) electrons. The molecule has 0 spiro atoms. The Kier molecular flexibility index (Phi) is 3.68. The highest BCUT2D eigenvalue weighted by molar-refractivity contribution is 5.56. The second-order valence-electron chi connectivity index (χ2n) is 4.79. The van der Waals surface area contributed by atoms with Crippen molar-refractivity contribution in [1.29, 1.82) is 0 Å². The fourth-order valence-electron chi connectivity index (χ4n) is 1.88. The molecule has 1 saturated heterocycles. The van der Waals surface area contributed by atoms with Crippen molar-refractivity contribution in [2.45, 2.75) is 32.2 Å². The van der Waals surface area contributed by atoms with Gasteiger partial charge >= 0.3 is 0 Å². The summed E-state index contributed by atoms with van der Waals surface area (Å²) in [4.78, 5) is 0. The van der Waals surface area contributed by atoms with Crippen LogP contribution in [0.25, 0.3) is 6.08 Å². The first kappa shape index (κ1) is 13.1. The molecular formula is C14H17FO3. The molecule has 0 bridgehead atoms. The monoisotopic (exact) mass is 252 g/mol. The molecule has 18 heavy (non-hydrogen) atoms. The first-order chi connectivity index (χ1) is 8.46. The van der Waals surface area contributed by atoms with Gasteiger partial charge in [-0.2, -0.15) is 0 Å². The number of hydrogen-bond acceptors (Lipinski definition) is 3. The molecule has 0 aromatic heterocycles. The molecule has 1 aromatic rings.